The maximum absolute atomic E-state index is 15.0. The molecule has 0 unspecified atom stereocenters. The highest BCUT2D eigenvalue weighted by Gasteiger charge is 2.30. The van der Waals surface area contributed by atoms with Gasteiger partial charge in [-0.25, -0.2) is 24.1 Å². The molecule has 2 fully saturated rings. The van der Waals surface area contributed by atoms with E-state index in [0.29, 0.717) is 30.2 Å². The molecular formula is C26H27FN8O3. The number of oxime groups is 1. The van der Waals surface area contributed by atoms with Crippen LogP contribution in [0, 0.1) is 5.82 Å². The summed E-state index contributed by atoms with van der Waals surface area (Å²) in [6.07, 6.45) is 1.90. The quantitative estimate of drug-likeness (QED) is 0.235. The summed E-state index contributed by atoms with van der Waals surface area (Å²) in [7, 11) is 0. The second kappa shape index (κ2) is 11.2. The molecule has 4 N–H and O–H groups in total. The lowest BCUT2D eigenvalue weighted by atomic mass is 10.0. The summed E-state index contributed by atoms with van der Waals surface area (Å²) in [5.74, 6) is -0.279. The molecule has 0 spiro atoms. The number of halogens is 1. The second-order valence-corrected chi connectivity index (χ2v) is 9.10. The van der Waals surface area contributed by atoms with E-state index in [1.54, 1.807) is 30.6 Å². The van der Waals surface area contributed by atoms with Gasteiger partial charge in [0.15, 0.2) is 12.1 Å². The van der Waals surface area contributed by atoms with E-state index in [4.69, 9.17) is 15.7 Å². The van der Waals surface area contributed by atoms with Crippen LogP contribution in [0.3, 0.4) is 0 Å². The van der Waals surface area contributed by atoms with Crippen molar-refractivity contribution >= 4 is 23.7 Å². The van der Waals surface area contributed by atoms with Gasteiger partial charge in [-0.05, 0) is 5.56 Å². The molecule has 0 bridgehead atoms. The Balaban J connectivity index is 1.10. The van der Waals surface area contributed by atoms with Crippen molar-refractivity contribution in [1.29, 1.82) is 0 Å². The molecule has 12 heteroatoms. The first-order chi connectivity index (χ1) is 18.4. The SMILES string of the molecule is NC(=NCc1cccc(-c2cnc(N3CC(=NOC4CN(Cc5ccccc5)C4)C3)nc2)c1F)NC(=O)O. The number of nitrogens with one attached hydrogen (secondary N) is 1. The smallest absolute Gasteiger partial charge is 0.411 e. The Bertz CT molecular complexity index is 1340. The Hall–Kier alpha value is -4.58. The second-order valence-electron chi connectivity index (χ2n) is 9.10. The average Bonchev–Trinajstić information content (AvgIpc) is 2.86. The lowest BCUT2D eigenvalue weighted by molar-refractivity contribution is -0.0566. The van der Waals surface area contributed by atoms with E-state index in [-0.39, 0.29) is 24.2 Å². The molecule has 2 aromatic carbocycles. The van der Waals surface area contributed by atoms with Gasteiger partial charge in [-0.1, -0.05) is 53.7 Å². The monoisotopic (exact) mass is 518 g/mol. The molecule has 3 heterocycles. The fraction of sp³-hybridized carbons (Fsp3) is 0.269. The first-order valence-electron chi connectivity index (χ1n) is 12.1. The van der Waals surface area contributed by atoms with Crippen molar-refractivity contribution in [3.63, 3.8) is 0 Å². The van der Waals surface area contributed by atoms with E-state index in [9.17, 15) is 4.79 Å². The minimum absolute atomic E-state index is 0.108. The lowest BCUT2D eigenvalue weighted by Crippen LogP contribution is -2.52. The van der Waals surface area contributed by atoms with Crippen LogP contribution in [0.2, 0.25) is 0 Å². The van der Waals surface area contributed by atoms with Crippen LogP contribution in [0.1, 0.15) is 11.1 Å². The molecule has 2 aliphatic rings. The molecule has 0 radical (unpaired) electrons. The normalized spacial score (nSPS) is 16.0. The number of benzene rings is 2. The predicted octanol–water partition coefficient (Wildman–Crippen LogP) is 2.44. The van der Waals surface area contributed by atoms with Crippen LogP contribution >= 0.6 is 0 Å². The predicted molar refractivity (Wildman–Crippen MR) is 140 cm³/mol. The number of aromatic nitrogens is 2. The standard InChI is InChI=1S/C26H27FN8O3/c27-23-18(9-29-24(28)32-26(36)37)7-4-8-22(23)19-10-30-25(31-11-19)35-13-20(14-35)33-38-21-15-34(16-21)12-17-5-2-1-3-6-17/h1-8,10-11,21H,9,12-16H2,(H,36,37)(H3,28,29,32). The van der Waals surface area contributed by atoms with Crippen LogP contribution < -0.4 is 16.0 Å². The average molecular weight is 519 g/mol. The summed E-state index contributed by atoms with van der Waals surface area (Å²) in [5, 5.41) is 14.9. The molecule has 0 aliphatic carbocycles. The Morgan fingerprint density at radius 1 is 1.13 bits per heavy atom. The zero-order chi connectivity index (χ0) is 26.5. The van der Waals surface area contributed by atoms with E-state index in [2.05, 4.69) is 37.1 Å². The summed E-state index contributed by atoms with van der Waals surface area (Å²) in [6, 6.07) is 15.2. The zero-order valence-electron chi connectivity index (χ0n) is 20.5. The summed E-state index contributed by atoms with van der Waals surface area (Å²) >= 11 is 0. The highest BCUT2D eigenvalue weighted by molar-refractivity contribution is 5.98. The molecule has 196 valence electrons. The molecule has 1 aromatic heterocycles. The number of aliphatic imine (C=N–C) groups is 1. The fourth-order valence-corrected chi connectivity index (χ4v) is 4.17. The molecular weight excluding hydrogens is 491 g/mol. The van der Waals surface area contributed by atoms with E-state index in [1.165, 1.54) is 5.56 Å². The van der Waals surface area contributed by atoms with E-state index in [0.717, 1.165) is 25.3 Å². The van der Waals surface area contributed by atoms with Crippen LogP contribution in [0.5, 0.6) is 0 Å². The van der Waals surface area contributed by atoms with Crippen LogP contribution in [0.4, 0.5) is 15.1 Å². The van der Waals surface area contributed by atoms with Gasteiger partial charge in [-0.15, -0.1) is 0 Å². The van der Waals surface area contributed by atoms with Gasteiger partial charge in [-0.3, -0.25) is 10.2 Å². The number of guanidine groups is 1. The third-order valence-corrected chi connectivity index (χ3v) is 6.22. The summed E-state index contributed by atoms with van der Waals surface area (Å²) in [6.45, 7) is 3.67. The van der Waals surface area contributed by atoms with Crippen molar-refractivity contribution in [2.75, 3.05) is 31.1 Å². The van der Waals surface area contributed by atoms with Gasteiger partial charge in [0.1, 0.15) is 5.82 Å². The van der Waals surface area contributed by atoms with E-state index < -0.39 is 11.9 Å². The third kappa shape index (κ3) is 6.03. The molecule has 2 saturated heterocycles. The lowest BCUT2D eigenvalue weighted by Gasteiger charge is -2.38. The van der Waals surface area contributed by atoms with Crippen LogP contribution in [-0.2, 0) is 17.9 Å². The highest BCUT2D eigenvalue weighted by Crippen LogP contribution is 2.26. The summed E-state index contributed by atoms with van der Waals surface area (Å²) in [4.78, 5) is 33.2. The number of carbonyl (C=O) groups is 1. The number of carboxylic acid groups (broad SMARTS) is 1. The Kier molecular flexibility index (Phi) is 7.40. The molecule has 3 aromatic rings. The third-order valence-electron chi connectivity index (χ3n) is 6.22. The number of hydrogen-bond donors (Lipinski definition) is 3. The van der Waals surface area contributed by atoms with Crippen LogP contribution in [0.25, 0.3) is 11.1 Å². The molecule has 0 atom stereocenters. The molecule has 1 amide bonds. The minimum Gasteiger partial charge on any atom is -0.465 e. The molecule has 5 rings (SSSR count). The zero-order valence-corrected chi connectivity index (χ0v) is 20.5. The number of anilines is 1. The van der Waals surface area contributed by atoms with Gasteiger partial charge in [-0.2, -0.15) is 0 Å². The van der Waals surface area contributed by atoms with E-state index >= 15 is 4.39 Å². The van der Waals surface area contributed by atoms with Gasteiger partial charge in [0.2, 0.25) is 5.95 Å². The Morgan fingerprint density at radius 2 is 1.87 bits per heavy atom. The Morgan fingerprint density at radius 3 is 2.58 bits per heavy atom. The number of likely N-dealkylation sites (tertiary alicyclic amines) is 1. The van der Waals surface area contributed by atoms with Gasteiger partial charge in [0.05, 0.1) is 25.3 Å². The van der Waals surface area contributed by atoms with Gasteiger partial charge >= 0.3 is 6.09 Å². The number of amides is 1. The maximum atomic E-state index is 15.0. The van der Waals surface area contributed by atoms with Crippen molar-refractivity contribution in [2.24, 2.45) is 15.9 Å². The van der Waals surface area contributed by atoms with Crippen molar-refractivity contribution in [3.8, 4) is 11.1 Å². The first-order valence-corrected chi connectivity index (χ1v) is 12.1. The summed E-state index contributed by atoms with van der Waals surface area (Å²) in [5.41, 5.74) is 8.77. The molecule has 0 saturated carbocycles. The highest BCUT2D eigenvalue weighted by atomic mass is 19.1. The Labute approximate surface area is 218 Å². The minimum atomic E-state index is -1.34. The van der Waals surface area contributed by atoms with Crippen LogP contribution in [-0.4, -0.2) is 70.0 Å². The van der Waals surface area contributed by atoms with Gasteiger partial charge in [0.25, 0.3) is 0 Å². The van der Waals surface area contributed by atoms with Gasteiger partial charge in [0, 0.05) is 48.7 Å². The molecule has 2 aliphatic heterocycles. The van der Waals surface area contributed by atoms with Crippen molar-refractivity contribution < 1.29 is 19.1 Å². The summed E-state index contributed by atoms with van der Waals surface area (Å²) < 4.78 is 15.0. The first kappa shape index (κ1) is 25.1. The topological polar surface area (TPSA) is 142 Å². The van der Waals surface area contributed by atoms with Crippen molar-refractivity contribution in [3.05, 3.63) is 77.9 Å². The largest absolute Gasteiger partial charge is 0.465 e. The maximum Gasteiger partial charge on any atom is 0.411 e. The van der Waals surface area contributed by atoms with E-state index in [1.807, 2.05) is 28.4 Å². The van der Waals surface area contributed by atoms with Gasteiger partial charge < -0.3 is 20.6 Å². The number of hydrogen-bond acceptors (Lipinski definition) is 8. The number of nitrogens with zero attached hydrogens (tertiary/aromatic N) is 6. The van der Waals surface area contributed by atoms with Crippen molar-refractivity contribution in [2.45, 2.75) is 19.2 Å². The molecule has 11 nitrogen and oxygen atoms in total. The number of rotatable bonds is 8. The molecule has 38 heavy (non-hydrogen) atoms. The fourth-order valence-electron chi connectivity index (χ4n) is 4.17. The van der Waals surface area contributed by atoms with Crippen molar-refractivity contribution in [1.82, 2.24) is 20.2 Å². The van der Waals surface area contributed by atoms with Crippen LogP contribution in [0.15, 0.2) is 71.1 Å². The number of nitrogens with two attached hydrogens (primary N) is 1.